The van der Waals surface area contributed by atoms with E-state index in [2.05, 4.69) is 24.0 Å². The van der Waals surface area contributed by atoms with E-state index < -0.39 is 23.9 Å². The molecule has 3 rings (SSSR count). The highest BCUT2D eigenvalue weighted by atomic mass is 32.2. The lowest BCUT2D eigenvalue weighted by atomic mass is 9.91. The summed E-state index contributed by atoms with van der Waals surface area (Å²) in [5.74, 6) is -1.56. The quantitative estimate of drug-likeness (QED) is 0.338. The van der Waals surface area contributed by atoms with Gasteiger partial charge in [-0.1, -0.05) is 53.7 Å². The van der Waals surface area contributed by atoms with Crippen molar-refractivity contribution >= 4 is 23.0 Å². The Morgan fingerprint density at radius 2 is 2.19 bits per heavy atom. The van der Waals surface area contributed by atoms with E-state index in [4.69, 9.17) is 9.47 Å². The van der Waals surface area contributed by atoms with Gasteiger partial charge in [-0.15, -0.1) is 6.58 Å². The maximum absolute atomic E-state index is 12.4. The summed E-state index contributed by atoms with van der Waals surface area (Å²) in [6.45, 7) is 5.58. The maximum atomic E-state index is 12.4. The summed E-state index contributed by atoms with van der Waals surface area (Å²) in [6, 6.07) is 9.53. The van der Waals surface area contributed by atoms with Gasteiger partial charge in [0.15, 0.2) is 5.79 Å². The van der Waals surface area contributed by atoms with Gasteiger partial charge in [-0.2, -0.15) is 0 Å². The molecule has 0 bridgehead atoms. The average molecular weight is 446 g/mol. The molecule has 1 amide bonds. The molecule has 2 aliphatic rings. The molecule has 1 unspecified atom stereocenters. The van der Waals surface area contributed by atoms with Crippen LogP contribution in [0.1, 0.15) is 44.6 Å². The molecule has 168 valence electrons. The summed E-state index contributed by atoms with van der Waals surface area (Å²) >= 11 is 1.12. The highest BCUT2D eigenvalue weighted by Crippen LogP contribution is 2.36. The van der Waals surface area contributed by atoms with E-state index in [1.807, 2.05) is 31.2 Å². The van der Waals surface area contributed by atoms with Crippen molar-refractivity contribution in [3.63, 3.8) is 0 Å². The van der Waals surface area contributed by atoms with Crippen molar-refractivity contribution in [2.24, 2.45) is 0 Å². The fourth-order valence-electron chi connectivity index (χ4n) is 3.98. The highest BCUT2D eigenvalue weighted by molar-refractivity contribution is 8.14. The van der Waals surface area contributed by atoms with Crippen LogP contribution >= 0.6 is 11.8 Å². The Morgan fingerprint density at radius 3 is 2.87 bits per heavy atom. The molecular weight excluding hydrogens is 414 g/mol. The number of aliphatic hydroxyl groups is 1. The van der Waals surface area contributed by atoms with Gasteiger partial charge >= 0.3 is 5.97 Å². The SMILES string of the molecule is C=CCCC(C)=CC(=O)OC1C[C@@H](CCc2ccccc2)O[C@@](O)([C@@H]2CSC(=O)N2)C1. The summed E-state index contributed by atoms with van der Waals surface area (Å²) in [5, 5.41) is 13.9. The highest BCUT2D eigenvalue weighted by Gasteiger charge is 2.49. The number of carbonyl (C=O) groups is 2. The van der Waals surface area contributed by atoms with Gasteiger partial charge in [-0.05, 0) is 38.2 Å². The van der Waals surface area contributed by atoms with Gasteiger partial charge in [0.05, 0.1) is 12.1 Å². The van der Waals surface area contributed by atoms with Crippen LogP contribution in [0.3, 0.4) is 0 Å². The van der Waals surface area contributed by atoms with Crippen molar-refractivity contribution in [3.8, 4) is 0 Å². The van der Waals surface area contributed by atoms with Crippen LogP contribution in [-0.2, 0) is 20.7 Å². The number of benzene rings is 1. The van der Waals surface area contributed by atoms with Gasteiger partial charge in [0.1, 0.15) is 6.10 Å². The summed E-state index contributed by atoms with van der Waals surface area (Å²) in [7, 11) is 0. The third kappa shape index (κ3) is 6.95. The average Bonchev–Trinajstić information content (AvgIpc) is 3.18. The molecule has 0 saturated carbocycles. The predicted molar refractivity (Wildman–Crippen MR) is 122 cm³/mol. The van der Waals surface area contributed by atoms with E-state index in [9.17, 15) is 14.7 Å². The molecule has 1 aromatic carbocycles. The van der Waals surface area contributed by atoms with Crippen LogP contribution in [0.25, 0.3) is 0 Å². The standard InChI is InChI=1S/C24H31NO5S/c1-3-4-8-17(2)13-22(26)29-20-14-19(12-11-18-9-6-5-7-10-18)30-24(28,15-20)21-16-31-23(27)25-21/h3,5-7,9-10,13,19-21,28H,1,4,8,11-12,14-16H2,2H3,(H,25,27)/t19-,20?,21+,24-/m1/s1. The van der Waals surface area contributed by atoms with Crippen molar-refractivity contribution in [2.45, 2.75) is 69.5 Å². The minimum absolute atomic E-state index is 0.131. The lowest BCUT2D eigenvalue weighted by molar-refractivity contribution is -0.283. The van der Waals surface area contributed by atoms with Gasteiger partial charge in [-0.3, -0.25) is 4.79 Å². The normalized spacial score (nSPS) is 28.8. The first-order valence-corrected chi connectivity index (χ1v) is 11.7. The van der Waals surface area contributed by atoms with Crippen molar-refractivity contribution in [1.82, 2.24) is 5.32 Å². The largest absolute Gasteiger partial charge is 0.459 e. The summed E-state index contributed by atoms with van der Waals surface area (Å²) in [6.07, 6.45) is 6.20. The molecule has 6 nitrogen and oxygen atoms in total. The molecular formula is C24H31NO5S. The van der Waals surface area contributed by atoms with Gasteiger partial charge in [0.25, 0.3) is 5.24 Å². The number of rotatable bonds is 9. The molecule has 0 aromatic heterocycles. The molecule has 2 heterocycles. The Labute approximate surface area is 188 Å². The lowest BCUT2D eigenvalue weighted by Gasteiger charge is -2.43. The second-order valence-corrected chi connectivity index (χ2v) is 9.21. The number of thioether (sulfide) groups is 1. The van der Waals surface area contributed by atoms with Crippen LogP contribution < -0.4 is 5.32 Å². The van der Waals surface area contributed by atoms with Crippen LogP contribution in [0.4, 0.5) is 4.79 Å². The molecule has 0 spiro atoms. The topological polar surface area (TPSA) is 84.9 Å². The molecule has 2 N–H and O–H groups in total. The Morgan fingerprint density at radius 1 is 1.42 bits per heavy atom. The number of esters is 1. The van der Waals surface area contributed by atoms with E-state index in [0.717, 1.165) is 36.6 Å². The van der Waals surface area contributed by atoms with Gasteiger partial charge in [-0.25, -0.2) is 4.79 Å². The minimum Gasteiger partial charge on any atom is -0.459 e. The van der Waals surface area contributed by atoms with E-state index >= 15 is 0 Å². The molecule has 1 aromatic rings. The number of nitrogens with one attached hydrogen (secondary N) is 1. The minimum atomic E-state index is -1.56. The first kappa shape index (κ1) is 23.6. The molecule has 2 aliphatic heterocycles. The number of hydrogen-bond donors (Lipinski definition) is 2. The summed E-state index contributed by atoms with van der Waals surface area (Å²) < 4.78 is 11.8. The van der Waals surface area contributed by atoms with Gasteiger partial charge in [0.2, 0.25) is 0 Å². The lowest BCUT2D eigenvalue weighted by Crippen LogP contribution is -2.58. The molecule has 4 atom stereocenters. The van der Waals surface area contributed by atoms with Crippen molar-refractivity contribution in [2.75, 3.05) is 5.75 Å². The monoisotopic (exact) mass is 445 g/mol. The third-order valence-electron chi connectivity index (χ3n) is 5.62. The molecule has 7 heteroatoms. The number of hydrogen-bond acceptors (Lipinski definition) is 6. The molecule has 31 heavy (non-hydrogen) atoms. The maximum Gasteiger partial charge on any atom is 0.330 e. The van der Waals surface area contributed by atoms with Crippen molar-refractivity contribution in [3.05, 3.63) is 60.2 Å². The Balaban J connectivity index is 1.67. The predicted octanol–water partition coefficient (Wildman–Crippen LogP) is 4.14. The van der Waals surface area contributed by atoms with Crippen molar-refractivity contribution in [1.29, 1.82) is 0 Å². The van der Waals surface area contributed by atoms with Gasteiger partial charge < -0.3 is 19.9 Å². The Kier molecular flexibility index (Phi) is 8.35. The summed E-state index contributed by atoms with van der Waals surface area (Å²) in [4.78, 5) is 24.1. The van der Waals surface area contributed by atoms with Crippen LogP contribution in [0, 0.1) is 0 Å². The first-order chi connectivity index (χ1) is 14.9. The zero-order chi connectivity index (χ0) is 22.3. The van der Waals surface area contributed by atoms with E-state index in [-0.39, 0.29) is 17.8 Å². The van der Waals surface area contributed by atoms with Crippen molar-refractivity contribution < 1.29 is 24.2 Å². The molecule has 2 saturated heterocycles. The fraction of sp³-hybridized carbons (Fsp3) is 0.500. The fourth-order valence-corrected chi connectivity index (χ4v) is 4.87. The zero-order valence-corrected chi connectivity index (χ0v) is 18.7. The van der Waals surface area contributed by atoms with Gasteiger partial charge in [0, 0.05) is 24.7 Å². The van der Waals surface area contributed by atoms with Crippen LogP contribution in [0.15, 0.2) is 54.6 Å². The number of aryl methyl sites for hydroxylation is 1. The molecule has 0 aliphatic carbocycles. The van der Waals surface area contributed by atoms with Crippen LogP contribution in [0.5, 0.6) is 0 Å². The van der Waals surface area contributed by atoms with Crippen LogP contribution in [-0.4, -0.2) is 46.1 Å². The summed E-state index contributed by atoms with van der Waals surface area (Å²) in [5.41, 5.74) is 2.10. The number of ether oxygens (including phenoxy) is 2. The second-order valence-electron chi connectivity index (χ2n) is 8.22. The van der Waals surface area contributed by atoms with E-state index in [1.165, 1.54) is 11.6 Å². The van der Waals surface area contributed by atoms with Crippen LogP contribution in [0.2, 0.25) is 0 Å². The third-order valence-corrected chi connectivity index (χ3v) is 6.50. The number of allylic oxidation sites excluding steroid dienone is 2. The molecule has 0 radical (unpaired) electrons. The Hall–Kier alpha value is -2.09. The number of carbonyl (C=O) groups excluding carboxylic acids is 2. The number of amides is 1. The smallest absolute Gasteiger partial charge is 0.330 e. The van der Waals surface area contributed by atoms with E-state index in [1.54, 1.807) is 0 Å². The zero-order valence-electron chi connectivity index (χ0n) is 17.9. The Bertz CT molecular complexity index is 811. The second kappa shape index (κ2) is 11.0. The first-order valence-electron chi connectivity index (χ1n) is 10.7. The van der Waals surface area contributed by atoms with E-state index in [0.29, 0.717) is 18.6 Å². The molecule has 2 fully saturated rings.